The zero-order valence-corrected chi connectivity index (χ0v) is 8.78. The molecular formula is C11H10ClN3. The van der Waals surface area contributed by atoms with E-state index in [1.807, 2.05) is 30.3 Å². The quantitative estimate of drug-likeness (QED) is 0.807. The maximum absolute atomic E-state index is 5.83. The van der Waals surface area contributed by atoms with Crippen LogP contribution in [0.5, 0.6) is 0 Å². The molecule has 0 radical (unpaired) electrons. The summed E-state index contributed by atoms with van der Waals surface area (Å²) < 4.78 is 0. The number of nitrogens with zero attached hydrogens (tertiary/aromatic N) is 2. The molecule has 0 aliphatic heterocycles. The molecule has 0 aliphatic rings. The summed E-state index contributed by atoms with van der Waals surface area (Å²) in [5.41, 5.74) is 2.03. The minimum absolute atomic E-state index is 0.480. The van der Waals surface area contributed by atoms with Crippen molar-refractivity contribution in [3.8, 4) is 0 Å². The summed E-state index contributed by atoms with van der Waals surface area (Å²) in [4.78, 5) is 7.94. The highest BCUT2D eigenvalue weighted by Crippen LogP contribution is 2.20. The van der Waals surface area contributed by atoms with E-state index in [0.29, 0.717) is 5.88 Å². The number of aromatic nitrogens is 2. The molecule has 0 fully saturated rings. The SMILES string of the molecule is ClCc1ccccc1Nc1ccncn1. The highest BCUT2D eigenvalue weighted by molar-refractivity contribution is 6.17. The van der Waals surface area contributed by atoms with E-state index in [0.717, 1.165) is 17.1 Å². The molecule has 0 amide bonds. The molecule has 1 aromatic heterocycles. The van der Waals surface area contributed by atoms with E-state index in [1.165, 1.54) is 6.33 Å². The number of rotatable bonds is 3. The lowest BCUT2D eigenvalue weighted by molar-refractivity contribution is 1.16. The van der Waals surface area contributed by atoms with E-state index in [9.17, 15) is 0 Å². The molecule has 1 N–H and O–H groups in total. The van der Waals surface area contributed by atoms with Crippen molar-refractivity contribution in [2.24, 2.45) is 0 Å². The van der Waals surface area contributed by atoms with Gasteiger partial charge in [-0.3, -0.25) is 0 Å². The molecule has 1 heterocycles. The molecule has 4 heteroatoms. The van der Waals surface area contributed by atoms with Crippen molar-refractivity contribution in [3.63, 3.8) is 0 Å². The molecule has 15 heavy (non-hydrogen) atoms. The molecule has 76 valence electrons. The van der Waals surface area contributed by atoms with E-state index in [4.69, 9.17) is 11.6 Å². The van der Waals surface area contributed by atoms with Crippen LogP contribution in [0.25, 0.3) is 0 Å². The molecule has 1 aromatic carbocycles. The molecule has 2 rings (SSSR count). The standard InChI is InChI=1S/C11H10ClN3/c12-7-9-3-1-2-4-10(9)15-11-5-6-13-8-14-11/h1-6,8H,7H2,(H,13,14,15). The molecule has 0 saturated carbocycles. The Morgan fingerprint density at radius 3 is 2.80 bits per heavy atom. The lowest BCUT2D eigenvalue weighted by Gasteiger charge is -2.08. The van der Waals surface area contributed by atoms with Crippen LogP contribution in [0.15, 0.2) is 42.9 Å². The smallest absolute Gasteiger partial charge is 0.133 e. The van der Waals surface area contributed by atoms with Gasteiger partial charge in [0.2, 0.25) is 0 Å². The van der Waals surface area contributed by atoms with Crippen LogP contribution >= 0.6 is 11.6 Å². The minimum Gasteiger partial charge on any atom is -0.340 e. The van der Waals surface area contributed by atoms with Crippen LogP contribution in [-0.4, -0.2) is 9.97 Å². The van der Waals surface area contributed by atoms with Gasteiger partial charge in [0.15, 0.2) is 0 Å². The fourth-order valence-corrected chi connectivity index (χ4v) is 1.49. The lowest BCUT2D eigenvalue weighted by atomic mass is 10.2. The summed E-state index contributed by atoms with van der Waals surface area (Å²) in [7, 11) is 0. The number of benzene rings is 1. The molecule has 0 spiro atoms. The van der Waals surface area contributed by atoms with Gasteiger partial charge < -0.3 is 5.32 Å². The first kappa shape index (κ1) is 9.93. The van der Waals surface area contributed by atoms with Gasteiger partial charge in [-0.05, 0) is 17.7 Å². The summed E-state index contributed by atoms with van der Waals surface area (Å²) in [5.74, 6) is 1.25. The van der Waals surface area contributed by atoms with Crippen LogP contribution in [0.3, 0.4) is 0 Å². The van der Waals surface area contributed by atoms with Gasteiger partial charge in [0.1, 0.15) is 12.1 Å². The van der Waals surface area contributed by atoms with Gasteiger partial charge in [-0.2, -0.15) is 0 Å². The summed E-state index contributed by atoms with van der Waals surface area (Å²) in [5, 5.41) is 3.19. The van der Waals surface area contributed by atoms with E-state index in [-0.39, 0.29) is 0 Å². The third-order valence-electron chi connectivity index (χ3n) is 2.01. The van der Waals surface area contributed by atoms with Crippen molar-refractivity contribution in [3.05, 3.63) is 48.4 Å². The van der Waals surface area contributed by atoms with Crippen molar-refractivity contribution in [2.75, 3.05) is 5.32 Å². The van der Waals surface area contributed by atoms with Crippen LogP contribution in [0, 0.1) is 0 Å². The van der Waals surface area contributed by atoms with Crippen LogP contribution in [-0.2, 0) is 5.88 Å². The summed E-state index contributed by atoms with van der Waals surface area (Å²) in [6.07, 6.45) is 3.20. The Balaban J connectivity index is 2.24. The van der Waals surface area contributed by atoms with Crippen LogP contribution in [0.1, 0.15) is 5.56 Å². The zero-order valence-electron chi connectivity index (χ0n) is 8.02. The Kier molecular flexibility index (Phi) is 3.15. The van der Waals surface area contributed by atoms with Gasteiger partial charge >= 0.3 is 0 Å². The lowest BCUT2D eigenvalue weighted by Crippen LogP contribution is -1.96. The third-order valence-corrected chi connectivity index (χ3v) is 2.29. The zero-order chi connectivity index (χ0) is 10.5. The Morgan fingerprint density at radius 2 is 2.07 bits per heavy atom. The number of anilines is 2. The second kappa shape index (κ2) is 4.75. The average molecular weight is 220 g/mol. The summed E-state index contributed by atoms with van der Waals surface area (Å²) in [6, 6.07) is 9.68. The van der Waals surface area contributed by atoms with Gasteiger partial charge in [-0.15, -0.1) is 11.6 Å². The minimum atomic E-state index is 0.480. The van der Waals surface area contributed by atoms with Gasteiger partial charge in [0.25, 0.3) is 0 Å². The van der Waals surface area contributed by atoms with E-state index in [1.54, 1.807) is 6.20 Å². The highest BCUT2D eigenvalue weighted by Gasteiger charge is 2.00. The predicted octanol–water partition coefficient (Wildman–Crippen LogP) is 2.96. The largest absolute Gasteiger partial charge is 0.340 e. The van der Waals surface area contributed by atoms with Crippen LogP contribution in [0.2, 0.25) is 0 Å². The highest BCUT2D eigenvalue weighted by atomic mass is 35.5. The van der Waals surface area contributed by atoms with Crippen LogP contribution < -0.4 is 5.32 Å². The molecule has 0 unspecified atom stereocenters. The number of para-hydroxylation sites is 1. The fraction of sp³-hybridized carbons (Fsp3) is 0.0909. The first-order chi connectivity index (χ1) is 7.40. The molecule has 3 nitrogen and oxygen atoms in total. The van der Waals surface area contributed by atoms with E-state index < -0.39 is 0 Å². The van der Waals surface area contributed by atoms with Gasteiger partial charge in [0, 0.05) is 17.8 Å². The molecular weight excluding hydrogens is 210 g/mol. The van der Waals surface area contributed by atoms with Crippen molar-refractivity contribution in [2.45, 2.75) is 5.88 Å². The summed E-state index contributed by atoms with van der Waals surface area (Å²) >= 11 is 5.83. The second-order valence-electron chi connectivity index (χ2n) is 3.01. The van der Waals surface area contributed by atoms with Crippen molar-refractivity contribution >= 4 is 23.1 Å². The fourth-order valence-electron chi connectivity index (χ4n) is 1.26. The topological polar surface area (TPSA) is 37.8 Å². The number of hydrogen-bond acceptors (Lipinski definition) is 3. The van der Waals surface area contributed by atoms with Gasteiger partial charge in [-0.1, -0.05) is 18.2 Å². The van der Waals surface area contributed by atoms with Crippen molar-refractivity contribution in [1.82, 2.24) is 9.97 Å². The van der Waals surface area contributed by atoms with Gasteiger partial charge in [-0.25, -0.2) is 9.97 Å². The third kappa shape index (κ3) is 2.44. The average Bonchev–Trinajstić information content (AvgIpc) is 2.31. The molecule has 0 aliphatic carbocycles. The Labute approximate surface area is 93.1 Å². The van der Waals surface area contributed by atoms with E-state index >= 15 is 0 Å². The Morgan fingerprint density at radius 1 is 1.20 bits per heavy atom. The molecule has 0 bridgehead atoms. The van der Waals surface area contributed by atoms with E-state index in [2.05, 4.69) is 15.3 Å². The van der Waals surface area contributed by atoms with Crippen molar-refractivity contribution < 1.29 is 0 Å². The molecule has 2 aromatic rings. The Hall–Kier alpha value is -1.61. The maximum atomic E-state index is 5.83. The number of nitrogens with one attached hydrogen (secondary N) is 1. The Bertz CT molecular complexity index is 431. The normalized spacial score (nSPS) is 9.93. The maximum Gasteiger partial charge on any atom is 0.133 e. The summed E-state index contributed by atoms with van der Waals surface area (Å²) in [6.45, 7) is 0. The molecule has 0 saturated heterocycles. The molecule has 0 atom stereocenters. The number of hydrogen-bond donors (Lipinski definition) is 1. The number of halogens is 1. The van der Waals surface area contributed by atoms with Gasteiger partial charge in [0.05, 0.1) is 0 Å². The van der Waals surface area contributed by atoms with Crippen LogP contribution in [0.4, 0.5) is 11.5 Å². The first-order valence-corrected chi connectivity index (χ1v) is 5.10. The first-order valence-electron chi connectivity index (χ1n) is 4.57. The number of alkyl halides is 1. The van der Waals surface area contributed by atoms with Crippen molar-refractivity contribution in [1.29, 1.82) is 0 Å². The predicted molar refractivity (Wildman–Crippen MR) is 61.3 cm³/mol. The second-order valence-corrected chi connectivity index (χ2v) is 3.28. The monoisotopic (exact) mass is 219 g/mol.